The Labute approximate surface area is 116 Å². The van der Waals surface area contributed by atoms with Crippen molar-refractivity contribution in [2.45, 2.75) is 32.5 Å². The lowest BCUT2D eigenvalue weighted by Gasteiger charge is -2.08. The van der Waals surface area contributed by atoms with Crippen molar-refractivity contribution >= 4 is 23.7 Å². The number of amides is 3. The minimum atomic E-state index is -0.462. The lowest BCUT2D eigenvalue weighted by Crippen LogP contribution is -2.41. The lowest BCUT2D eigenvalue weighted by atomic mass is 10.2. The molecule has 0 aliphatic carbocycles. The van der Waals surface area contributed by atoms with Gasteiger partial charge in [0, 0.05) is 13.1 Å². The second kappa shape index (κ2) is 7.78. The highest BCUT2D eigenvalue weighted by atomic mass is 32.2. The Balaban J connectivity index is 2.30. The van der Waals surface area contributed by atoms with Crippen LogP contribution < -0.4 is 10.6 Å². The van der Waals surface area contributed by atoms with E-state index in [1.165, 1.54) is 11.8 Å². The van der Waals surface area contributed by atoms with E-state index in [0.717, 1.165) is 6.54 Å². The molecule has 19 heavy (non-hydrogen) atoms. The molecule has 0 radical (unpaired) electrons. The van der Waals surface area contributed by atoms with Gasteiger partial charge in [-0.1, -0.05) is 25.6 Å². The molecule has 0 saturated carbocycles. The molecule has 2 N–H and O–H groups in total. The van der Waals surface area contributed by atoms with Gasteiger partial charge < -0.3 is 9.88 Å². The molecule has 106 valence electrons. The summed E-state index contributed by atoms with van der Waals surface area (Å²) in [5.74, 6) is 0.128. The summed E-state index contributed by atoms with van der Waals surface area (Å²) in [4.78, 5) is 22.9. The van der Waals surface area contributed by atoms with E-state index in [0.29, 0.717) is 17.6 Å². The van der Waals surface area contributed by atoms with E-state index in [4.69, 9.17) is 0 Å². The SMILES string of the molecule is CCn1cnnc1SCC(=O)NC(=O)NCC(C)C. The van der Waals surface area contributed by atoms with Gasteiger partial charge in [-0.2, -0.15) is 0 Å². The van der Waals surface area contributed by atoms with E-state index in [2.05, 4.69) is 20.8 Å². The van der Waals surface area contributed by atoms with Crippen molar-refractivity contribution in [1.29, 1.82) is 0 Å². The molecule has 0 fully saturated rings. The number of carbonyl (C=O) groups excluding carboxylic acids is 2. The van der Waals surface area contributed by atoms with Crippen LogP contribution in [0.2, 0.25) is 0 Å². The molecule has 0 atom stereocenters. The van der Waals surface area contributed by atoms with Crippen LogP contribution in [0.25, 0.3) is 0 Å². The van der Waals surface area contributed by atoms with Gasteiger partial charge in [-0.05, 0) is 12.8 Å². The number of hydrogen-bond donors (Lipinski definition) is 2. The Hall–Kier alpha value is -1.57. The first-order valence-corrected chi connectivity index (χ1v) is 7.09. The highest BCUT2D eigenvalue weighted by Crippen LogP contribution is 2.13. The number of imide groups is 1. The summed E-state index contributed by atoms with van der Waals surface area (Å²) in [6.45, 7) is 7.21. The maximum absolute atomic E-state index is 11.5. The minimum absolute atomic E-state index is 0.133. The Kier molecular flexibility index (Phi) is 6.34. The fraction of sp³-hybridized carbons (Fsp3) is 0.636. The molecule has 7 nitrogen and oxygen atoms in total. The summed E-state index contributed by atoms with van der Waals surface area (Å²) < 4.78 is 1.83. The third-order valence-electron chi connectivity index (χ3n) is 2.18. The number of aromatic nitrogens is 3. The topological polar surface area (TPSA) is 88.9 Å². The molecular formula is C11H19N5O2S. The molecule has 1 aromatic heterocycles. The second-order valence-electron chi connectivity index (χ2n) is 4.34. The van der Waals surface area contributed by atoms with Crippen molar-refractivity contribution in [3.63, 3.8) is 0 Å². The van der Waals surface area contributed by atoms with Crippen LogP contribution in [-0.4, -0.2) is 39.0 Å². The lowest BCUT2D eigenvalue weighted by molar-refractivity contribution is -0.117. The smallest absolute Gasteiger partial charge is 0.321 e. The number of rotatable bonds is 6. The average Bonchev–Trinajstić information content (AvgIpc) is 2.81. The highest BCUT2D eigenvalue weighted by molar-refractivity contribution is 7.99. The largest absolute Gasteiger partial charge is 0.338 e. The van der Waals surface area contributed by atoms with Crippen molar-refractivity contribution in [3.8, 4) is 0 Å². The molecule has 1 heterocycles. The monoisotopic (exact) mass is 285 g/mol. The number of aryl methyl sites for hydroxylation is 1. The summed E-state index contributed by atoms with van der Waals surface area (Å²) >= 11 is 1.25. The molecule has 0 aliphatic rings. The van der Waals surface area contributed by atoms with E-state index < -0.39 is 6.03 Å². The summed E-state index contributed by atoms with van der Waals surface area (Å²) in [6, 6.07) is -0.462. The first-order valence-electron chi connectivity index (χ1n) is 6.11. The zero-order chi connectivity index (χ0) is 14.3. The molecule has 0 aliphatic heterocycles. The van der Waals surface area contributed by atoms with Gasteiger partial charge in [0.15, 0.2) is 5.16 Å². The van der Waals surface area contributed by atoms with Gasteiger partial charge in [-0.3, -0.25) is 10.1 Å². The van der Waals surface area contributed by atoms with Crippen LogP contribution in [0.15, 0.2) is 11.5 Å². The van der Waals surface area contributed by atoms with Gasteiger partial charge in [-0.15, -0.1) is 10.2 Å². The summed E-state index contributed by atoms with van der Waals surface area (Å²) in [5.41, 5.74) is 0. The standard InChI is InChI=1S/C11H19N5O2S/c1-4-16-7-13-15-11(16)19-6-9(17)14-10(18)12-5-8(2)3/h7-8H,4-6H2,1-3H3,(H2,12,14,17,18). The van der Waals surface area contributed by atoms with Gasteiger partial charge >= 0.3 is 6.03 Å². The molecule has 8 heteroatoms. The zero-order valence-corrected chi connectivity index (χ0v) is 12.2. The van der Waals surface area contributed by atoms with E-state index >= 15 is 0 Å². The molecule has 0 unspecified atom stereocenters. The van der Waals surface area contributed by atoms with Crippen LogP contribution in [0.4, 0.5) is 4.79 Å². The van der Waals surface area contributed by atoms with Gasteiger partial charge in [0.2, 0.25) is 5.91 Å². The molecular weight excluding hydrogens is 266 g/mol. The molecule has 1 aromatic rings. The number of carbonyl (C=O) groups is 2. The normalized spacial score (nSPS) is 10.5. The van der Waals surface area contributed by atoms with Crippen LogP contribution in [0, 0.1) is 5.92 Å². The summed E-state index contributed by atoms with van der Waals surface area (Å²) in [7, 11) is 0. The van der Waals surface area contributed by atoms with E-state index in [1.54, 1.807) is 6.33 Å². The quantitative estimate of drug-likeness (QED) is 0.757. The number of nitrogens with one attached hydrogen (secondary N) is 2. The van der Waals surface area contributed by atoms with Crippen molar-refractivity contribution in [2.75, 3.05) is 12.3 Å². The molecule has 0 saturated heterocycles. The fourth-order valence-electron chi connectivity index (χ4n) is 1.21. The number of nitrogens with zero attached hydrogens (tertiary/aromatic N) is 3. The van der Waals surface area contributed by atoms with E-state index in [1.807, 2.05) is 25.3 Å². The molecule has 3 amide bonds. The number of thioether (sulfide) groups is 1. The molecule has 0 bridgehead atoms. The Bertz CT molecular complexity index is 432. The first kappa shape index (κ1) is 15.5. The van der Waals surface area contributed by atoms with E-state index in [9.17, 15) is 9.59 Å². The Morgan fingerprint density at radius 3 is 2.84 bits per heavy atom. The molecule has 0 spiro atoms. The first-order chi connectivity index (χ1) is 9.02. The van der Waals surface area contributed by atoms with Crippen LogP contribution in [-0.2, 0) is 11.3 Å². The molecule has 0 aromatic carbocycles. The third kappa shape index (κ3) is 5.73. The Morgan fingerprint density at radius 2 is 2.21 bits per heavy atom. The minimum Gasteiger partial charge on any atom is -0.338 e. The Morgan fingerprint density at radius 1 is 1.47 bits per heavy atom. The third-order valence-corrected chi connectivity index (χ3v) is 3.16. The van der Waals surface area contributed by atoms with Crippen LogP contribution in [0.5, 0.6) is 0 Å². The van der Waals surface area contributed by atoms with Crippen molar-refractivity contribution in [2.24, 2.45) is 5.92 Å². The maximum Gasteiger partial charge on any atom is 0.321 e. The maximum atomic E-state index is 11.5. The average molecular weight is 285 g/mol. The second-order valence-corrected chi connectivity index (χ2v) is 5.28. The molecule has 1 rings (SSSR count). The van der Waals surface area contributed by atoms with Crippen molar-refractivity contribution in [3.05, 3.63) is 6.33 Å². The zero-order valence-electron chi connectivity index (χ0n) is 11.3. The fourth-order valence-corrected chi connectivity index (χ4v) is 1.99. The van der Waals surface area contributed by atoms with Crippen molar-refractivity contribution < 1.29 is 9.59 Å². The number of hydrogen-bond acceptors (Lipinski definition) is 5. The summed E-state index contributed by atoms with van der Waals surface area (Å²) in [6.07, 6.45) is 1.61. The van der Waals surface area contributed by atoms with Gasteiger partial charge in [-0.25, -0.2) is 4.79 Å². The predicted octanol–water partition coefficient (Wildman–Crippen LogP) is 0.872. The van der Waals surface area contributed by atoms with Gasteiger partial charge in [0.05, 0.1) is 5.75 Å². The predicted molar refractivity (Wildman–Crippen MR) is 72.8 cm³/mol. The van der Waals surface area contributed by atoms with E-state index in [-0.39, 0.29) is 11.7 Å². The van der Waals surface area contributed by atoms with Crippen molar-refractivity contribution in [1.82, 2.24) is 25.4 Å². The summed E-state index contributed by atoms with van der Waals surface area (Å²) in [5, 5.41) is 13.2. The van der Waals surface area contributed by atoms with Gasteiger partial charge in [0.1, 0.15) is 6.33 Å². The highest BCUT2D eigenvalue weighted by Gasteiger charge is 2.10. The van der Waals surface area contributed by atoms with Crippen LogP contribution in [0.1, 0.15) is 20.8 Å². The van der Waals surface area contributed by atoms with Crippen LogP contribution >= 0.6 is 11.8 Å². The van der Waals surface area contributed by atoms with Gasteiger partial charge in [0.25, 0.3) is 0 Å². The van der Waals surface area contributed by atoms with Crippen LogP contribution in [0.3, 0.4) is 0 Å². The number of urea groups is 1.